The Morgan fingerprint density at radius 2 is 1.77 bits per heavy atom. The Balaban J connectivity index is 2.02. The Kier molecular flexibility index (Phi) is 5.86. The van der Waals surface area contributed by atoms with Crippen LogP contribution in [-0.4, -0.2) is 33.4 Å². The molecule has 2 unspecified atom stereocenters. The van der Waals surface area contributed by atoms with Gasteiger partial charge in [-0.05, 0) is 43.7 Å². The van der Waals surface area contributed by atoms with E-state index in [0.29, 0.717) is 4.90 Å². The van der Waals surface area contributed by atoms with Gasteiger partial charge in [0.2, 0.25) is 0 Å². The molecule has 2 aromatic rings. The number of nitrogens with zero attached hydrogens (tertiary/aromatic N) is 3. The number of rotatable bonds is 4. The number of hydrogen-bond acceptors (Lipinski definition) is 6. The van der Waals surface area contributed by atoms with Gasteiger partial charge >= 0.3 is 12.1 Å². The number of imide groups is 1. The first-order valence-electron chi connectivity index (χ1n) is 8.90. The van der Waals surface area contributed by atoms with Gasteiger partial charge in [-0.1, -0.05) is 6.07 Å². The number of ketones is 1. The summed E-state index contributed by atoms with van der Waals surface area (Å²) in [7, 11) is 0. The molecule has 0 N–H and O–H groups in total. The quantitative estimate of drug-likeness (QED) is 0.528. The molecule has 0 bridgehead atoms. The number of carbonyl (C=O) groups is 3. The van der Waals surface area contributed by atoms with Crippen LogP contribution in [0.1, 0.15) is 25.5 Å². The number of nitro benzene ring substituents is 1. The molecule has 160 valence electrons. The van der Waals surface area contributed by atoms with Gasteiger partial charge in [-0.25, -0.2) is 28.3 Å². The van der Waals surface area contributed by atoms with E-state index < -0.39 is 46.4 Å². The lowest BCUT2D eigenvalue weighted by molar-refractivity contribution is -0.384. The number of Topliss-reactive ketones (excluding diaryl/α,β-unsaturated/α-hetero) is 1. The van der Waals surface area contributed by atoms with Crippen LogP contribution in [0.25, 0.3) is 0 Å². The molecule has 0 aromatic heterocycles. The van der Waals surface area contributed by atoms with E-state index in [1.54, 1.807) is 0 Å². The van der Waals surface area contributed by atoms with Crippen LogP contribution < -0.4 is 4.74 Å². The van der Waals surface area contributed by atoms with Crippen molar-refractivity contribution in [1.29, 1.82) is 0 Å². The smallest absolute Gasteiger partial charge is 0.410 e. The Morgan fingerprint density at radius 3 is 2.32 bits per heavy atom. The molecule has 31 heavy (non-hydrogen) atoms. The van der Waals surface area contributed by atoms with E-state index in [1.807, 2.05) is 0 Å². The second-order valence-electron chi connectivity index (χ2n) is 6.73. The highest BCUT2D eigenvalue weighted by atomic mass is 19.2. The summed E-state index contributed by atoms with van der Waals surface area (Å²) in [4.78, 5) is 52.0. The lowest BCUT2D eigenvalue weighted by Gasteiger charge is -2.36. The number of benzene rings is 2. The molecule has 9 nitrogen and oxygen atoms in total. The van der Waals surface area contributed by atoms with E-state index in [2.05, 4.69) is 4.99 Å². The fraction of sp³-hybridized carbons (Fsp3) is 0.200. The summed E-state index contributed by atoms with van der Waals surface area (Å²) in [5.41, 5.74) is -0.153. The topological polar surface area (TPSA) is 119 Å². The van der Waals surface area contributed by atoms with Crippen molar-refractivity contribution >= 4 is 29.3 Å². The van der Waals surface area contributed by atoms with Gasteiger partial charge in [0, 0.05) is 17.8 Å². The van der Waals surface area contributed by atoms with Crippen molar-refractivity contribution in [3.05, 3.63) is 69.8 Å². The first-order valence-corrected chi connectivity index (χ1v) is 8.90. The van der Waals surface area contributed by atoms with E-state index in [0.717, 1.165) is 42.5 Å². The van der Waals surface area contributed by atoms with Crippen LogP contribution in [0.2, 0.25) is 0 Å². The SMILES string of the molecule is CC(=O)C1C(C)=NC(=O)N(C(=O)Oc2ccc([N+](=O)[O-])cc2)C1c1ccc(F)c(F)c1. The number of amides is 3. The average Bonchev–Trinajstić information content (AvgIpc) is 2.69. The van der Waals surface area contributed by atoms with E-state index in [9.17, 15) is 33.3 Å². The third-order valence-corrected chi connectivity index (χ3v) is 4.69. The van der Waals surface area contributed by atoms with Crippen LogP contribution in [0, 0.1) is 27.7 Å². The summed E-state index contributed by atoms with van der Waals surface area (Å²) in [6.07, 6.45) is -1.24. The van der Waals surface area contributed by atoms with Crippen LogP contribution >= 0.6 is 0 Å². The molecule has 2 atom stereocenters. The maximum Gasteiger partial charge on any atom is 0.424 e. The molecular formula is C20H15F2N3O6. The van der Waals surface area contributed by atoms with Crippen molar-refractivity contribution in [1.82, 2.24) is 4.90 Å². The van der Waals surface area contributed by atoms with Crippen molar-refractivity contribution in [2.45, 2.75) is 19.9 Å². The largest absolute Gasteiger partial charge is 0.424 e. The Labute approximate surface area is 174 Å². The van der Waals surface area contributed by atoms with Gasteiger partial charge in [0.15, 0.2) is 11.6 Å². The highest BCUT2D eigenvalue weighted by molar-refractivity contribution is 6.12. The zero-order chi connectivity index (χ0) is 22.9. The molecule has 3 amide bonds. The maximum atomic E-state index is 13.9. The molecule has 0 radical (unpaired) electrons. The molecule has 1 heterocycles. The number of hydrogen-bond donors (Lipinski definition) is 0. The minimum atomic E-state index is -1.33. The summed E-state index contributed by atoms with van der Waals surface area (Å²) >= 11 is 0. The lowest BCUT2D eigenvalue weighted by atomic mass is 9.84. The van der Waals surface area contributed by atoms with Crippen LogP contribution in [0.3, 0.4) is 0 Å². The Morgan fingerprint density at radius 1 is 1.13 bits per heavy atom. The number of nitro groups is 1. The monoisotopic (exact) mass is 431 g/mol. The van der Waals surface area contributed by atoms with E-state index in [4.69, 9.17) is 4.74 Å². The van der Waals surface area contributed by atoms with Gasteiger partial charge < -0.3 is 4.74 Å². The molecule has 0 fully saturated rings. The highest BCUT2D eigenvalue weighted by Gasteiger charge is 2.45. The number of aliphatic imine (C=N–C) groups is 1. The number of non-ortho nitro benzene ring substituents is 1. The van der Waals surface area contributed by atoms with Crippen molar-refractivity contribution in [2.75, 3.05) is 0 Å². The van der Waals surface area contributed by atoms with Crippen molar-refractivity contribution < 1.29 is 32.8 Å². The summed E-state index contributed by atoms with van der Waals surface area (Å²) < 4.78 is 32.4. The molecule has 0 saturated carbocycles. The molecule has 1 aliphatic heterocycles. The average molecular weight is 431 g/mol. The Bertz CT molecular complexity index is 1120. The second-order valence-corrected chi connectivity index (χ2v) is 6.73. The van der Waals surface area contributed by atoms with Crippen LogP contribution in [0.5, 0.6) is 5.75 Å². The van der Waals surface area contributed by atoms with Crippen LogP contribution in [0.4, 0.5) is 24.1 Å². The minimum absolute atomic E-state index is 0.0117. The zero-order valence-corrected chi connectivity index (χ0v) is 16.2. The van der Waals surface area contributed by atoms with Gasteiger partial charge in [-0.3, -0.25) is 14.9 Å². The molecule has 3 rings (SSSR count). The number of urea groups is 1. The number of carbonyl (C=O) groups excluding carboxylic acids is 3. The van der Waals surface area contributed by atoms with Gasteiger partial charge in [0.25, 0.3) is 5.69 Å². The third-order valence-electron chi connectivity index (χ3n) is 4.69. The van der Waals surface area contributed by atoms with Gasteiger partial charge in [-0.2, -0.15) is 0 Å². The lowest BCUT2D eigenvalue weighted by Crippen LogP contribution is -2.50. The highest BCUT2D eigenvalue weighted by Crippen LogP contribution is 2.36. The predicted octanol–water partition coefficient (Wildman–Crippen LogP) is 4.21. The van der Waals surface area contributed by atoms with Crippen LogP contribution in [-0.2, 0) is 4.79 Å². The van der Waals surface area contributed by atoms with E-state index in [-0.39, 0.29) is 22.7 Å². The van der Waals surface area contributed by atoms with E-state index in [1.165, 1.54) is 13.8 Å². The summed E-state index contributed by atoms with van der Waals surface area (Å²) in [5.74, 6) is -4.05. The van der Waals surface area contributed by atoms with Crippen molar-refractivity contribution in [2.24, 2.45) is 10.9 Å². The van der Waals surface area contributed by atoms with Gasteiger partial charge in [0.1, 0.15) is 11.5 Å². The molecule has 0 aliphatic carbocycles. The minimum Gasteiger partial charge on any atom is -0.410 e. The molecule has 11 heteroatoms. The van der Waals surface area contributed by atoms with Crippen molar-refractivity contribution in [3.63, 3.8) is 0 Å². The molecule has 2 aromatic carbocycles. The van der Waals surface area contributed by atoms with E-state index >= 15 is 0 Å². The zero-order valence-electron chi connectivity index (χ0n) is 16.2. The van der Waals surface area contributed by atoms with Gasteiger partial charge in [-0.15, -0.1) is 0 Å². The first-order chi connectivity index (χ1) is 14.6. The first kappa shape index (κ1) is 21.7. The third kappa shape index (κ3) is 4.29. The second kappa shape index (κ2) is 8.38. The fourth-order valence-electron chi connectivity index (χ4n) is 3.30. The maximum absolute atomic E-state index is 13.9. The number of ether oxygens (including phenoxy) is 1. The van der Waals surface area contributed by atoms with Gasteiger partial charge in [0.05, 0.1) is 16.9 Å². The fourth-order valence-corrected chi connectivity index (χ4v) is 3.30. The van der Waals surface area contributed by atoms with Crippen LogP contribution in [0.15, 0.2) is 47.5 Å². The molecule has 0 spiro atoms. The normalized spacial score (nSPS) is 18.4. The molecule has 1 aliphatic rings. The summed E-state index contributed by atoms with van der Waals surface area (Å²) in [5, 5.41) is 10.7. The number of halogens is 2. The molecular weight excluding hydrogens is 416 g/mol. The molecule has 0 saturated heterocycles. The predicted molar refractivity (Wildman–Crippen MR) is 103 cm³/mol. The van der Waals surface area contributed by atoms with Crippen molar-refractivity contribution in [3.8, 4) is 5.75 Å². The summed E-state index contributed by atoms with van der Waals surface area (Å²) in [6, 6.07) is 4.84. The standard InChI is InChI=1S/C20H15F2N3O6/c1-10-17(11(2)26)18(12-3-8-15(21)16(22)9-12)24(19(27)23-10)20(28)31-14-6-4-13(5-7-14)25(29)30/h3-9,17-18H,1-2H3. The summed E-state index contributed by atoms with van der Waals surface area (Å²) in [6.45, 7) is 2.63. The Hall–Kier alpha value is -4.02.